The van der Waals surface area contributed by atoms with E-state index in [1.165, 1.54) is 64.2 Å². The fraction of sp³-hybridized carbons (Fsp3) is 1.00. The second-order valence-corrected chi connectivity index (χ2v) is 4.36. The summed E-state index contributed by atoms with van der Waals surface area (Å²) in [7, 11) is 1.93. The maximum atomic E-state index is 3.12. The van der Waals surface area contributed by atoms with E-state index in [0.29, 0.717) is 0 Å². The molecule has 0 radical (unpaired) electrons. The molecule has 0 amide bonds. The summed E-state index contributed by atoms with van der Waals surface area (Å²) in [5, 5.41) is 0. The second-order valence-electron chi connectivity index (χ2n) is 4.36. The molecule has 0 aliphatic carbocycles. The maximum Gasteiger partial charge on any atom is 0.00996 e. The van der Waals surface area contributed by atoms with Crippen molar-refractivity contribution in [1.29, 1.82) is 0 Å². The monoisotopic (exact) mass is 214 g/mol. The van der Waals surface area contributed by atoms with Gasteiger partial charge in [0.1, 0.15) is 0 Å². The minimum atomic E-state index is 1.10. The number of rotatable bonds is 12. The SMILES string of the molecule is CCCCCCCCCCCCNNC. The van der Waals surface area contributed by atoms with Crippen LogP contribution in [-0.4, -0.2) is 13.6 Å². The zero-order chi connectivity index (χ0) is 11.2. The number of unbranched alkanes of at least 4 members (excludes halogenated alkanes) is 9. The van der Waals surface area contributed by atoms with Crippen molar-refractivity contribution < 1.29 is 0 Å². The molecular weight excluding hydrogens is 184 g/mol. The third-order valence-corrected chi connectivity index (χ3v) is 2.83. The fourth-order valence-corrected chi connectivity index (χ4v) is 1.83. The highest BCUT2D eigenvalue weighted by Crippen LogP contribution is 2.09. The number of hydrogen-bond donors (Lipinski definition) is 2. The van der Waals surface area contributed by atoms with Crippen LogP contribution >= 0.6 is 0 Å². The third-order valence-electron chi connectivity index (χ3n) is 2.83. The summed E-state index contributed by atoms with van der Waals surface area (Å²) < 4.78 is 0. The topological polar surface area (TPSA) is 24.1 Å². The van der Waals surface area contributed by atoms with Gasteiger partial charge in [0.25, 0.3) is 0 Å². The summed E-state index contributed by atoms with van der Waals surface area (Å²) in [6.45, 7) is 3.38. The van der Waals surface area contributed by atoms with Crippen molar-refractivity contribution in [2.75, 3.05) is 13.6 Å². The Bertz CT molecular complexity index is 92.7. The van der Waals surface area contributed by atoms with Crippen molar-refractivity contribution in [2.45, 2.75) is 71.1 Å². The minimum Gasteiger partial charge on any atom is -0.261 e. The van der Waals surface area contributed by atoms with Crippen LogP contribution < -0.4 is 10.9 Å². The van der Waals surface area contributed by atoms with Crippen molar-refractivity contribution in [2.24, 2.45) is 0 Å². The maximum absolute atomic E-state index is 3.12. The Hall–Kier alpha value is -0.0800. The molecule has 0 aromatic carbocycles. The van der Waals surface area contributed by atoms with Gasteiger partial charge in [-0.1, -0.05) is 64.7 Å². The molecule has 0 spiro atoms. The Morgan fingerprint density at radius 2 is 1.13 bits per heavy atom. The van der Waals surface area contributed by atoms with E-state index >= 15 is 0 Å². The van der Waals surface area contributed by atoms with Crippen LogP contribution in [0.25, 0.3) is 0 Å². The van der Waals surface area contributed by atoms with Crippen molar-refractivity contribution in [3.63, 3.8) is 0 Å². The van der Waals surface area contributed by atoms with Gasteiger partial charge in [0.15, 0.2) is 0 Å². The number of nitrogens with one attached hydrogen (secondary N) is 2. The highest BCUT2D eigenvalue weighted by atomic mass is 15.3. The smallest absolute Gasteiger partial charge is 0.00996 e. The summed E-state index contributed by atoms with van der Waals surface area (Å²) in [5.41, 5.74) is 6.07. The molecule has 0 aliphatic heterocycles. The van der Waals surface area contributed by atoms with E-state index in [4.69, 9.17) is 0 Å². The Morgan fingerprint density at radius 3 is 1.60 bits per heavy atom. The molecule has 0 saturated heterocycles. The largest absolute Gasteiger partial charge is 0.261 e. The normalized spacial score (nSPS) is 10.8. The molecule has 0 unspecified atom stereocenters. The highest BCUT2D eigenvalue weighted by Gasteiger charge is 1.91. The Kier molecular flexibility index (Phi) is 13.8. The van der Waals surface area contributed by atoms with Gasteiger partial charge in [0, 0.05) is 6.54 Å². The first-order valence-corrected chi connectivity index (χ1v) is 6.81. The molecular formula is C13H30N2. The second kappa shape index (κ2) is 13.9. The van der Waals surface area contributed by atoms with Gasteiger partial charge in [-0.05, 0) is 13.5 Å². The summed E-state index contributed by atoms with van der Waals surface area (Å²) >= 11 is 0. The van der Waals surface area contributed by atoms with Crippen LogP contribution in [0.15, 0.2) is 0 Å². The number of hydrogen-bond acceptors (Lipinski definition) is 2. The first kappa shape index (κ1) is 14.9. The molecule has 0 saturated carbocycles. The minimum absolute atomic E-state index is 1.10. The van der Waals surface area contributed by atoms with Crippen LogP contribution in [0.4, 0.5) is 0 Å². The Morgan fingerprint density at radius 1 is 0.667 bits per heavy atom. The molecule has 0 fully saturated rings. The summed E-state index contributed by atoms with van der Waals surface area (Å²) in [6, 6.07) is 0. The molecule has 2 N–H and O–H groups in total. The van der Waals surface area contributed by atoms with Crippen molar-refractivity contribution in [3.8, 4) is 0 Å². The molecule has 0 aromatic rings. The van der Waals surface area contributed by atoms with E-state index < -0.39 is 0 Å². The van der Waals surface area contributed by atoms with Gasteiger partial charge < -0.3 is 0 Å². The standard InChI is InChI=1S/C13H30N2/c1-3-4-5-6-7-8-9-10-11-12-13-15-14-2/h14-15H,3-13H2,1-2H3. The van der Waals surface area contributed by atoms with Crippen LogP contribution in [0.5, 0.6) is 0 Å². The van der Waals surface area contributed by atoms with Crippen LogP contribution in [0, 0.1) is 0 Å². The Balaban J connectivity index is 2.81. The average Bonchev–Trinajstić information content (AvgIpc) is 2.26. The molecule has 2 nitrogen and oxygen atoms in total. The van der Waals surface area contributed by atoms with Gasteiger partial charge in [-0.2, -0.15) is 0 Å². The average molecular weight is 214 g/mol. The lowest BCUT2D eigenvalue weighted by Crippen LogP contribution is -2.28. The van der Waals surface area contributed by atoms with E-state index in [-0.39, 0.29) is 0 Å². The molecule has 92 valence electrons. The molecule has 0 bridgehead atoms. The van der Waals surface area contributed by atoms with Gasteiger partial charge in [-0.25, -0.2) is 0 Å². The van der Waals surface area contributed by atoms with Gasteiger partial charge in [0.05, 0.1) is 0 Å². The molecule has 15 heavy (non-hydrogen) atoms. The van der Waals surface area contributed by atoms with Crippen LogP contribution in [0.2, 0.25) is 0 Å². The molecule has 0 rings (SSSR count). The van der Waals surface area contributed by atoms with Crippen LogP contribution in [0.3, 0.4) is 0 Å². The number of hydrazine groups is 1. The zero-order valence-electron chi connectivity index (χ0n) is 10.8. The van der Waals surface area contributed by atoms with Gasteiger partial charge >= 0.3 is 0 Å². The summed E-state index contributed by atoms with van der Waals surface area (Å²) in [4.78, 5) is 0. The quantitative estimate of drug-likeness (QED) is 0.383. The predicted octanol–water partition coefficient (Wildman–Crippen LogP) is 3.63. The lowest BCUT2D eigenvalue weighted by molar-refractivity contribution is 0.524. The molecule has 0 heterocycles. The molecule has 0 atom stereocenters. The van der Waals surface area contributed by atoms with E-state index in [2.05, 4.69) is 17.8 Å². The fourth-order valence-electron chi connectivity index (χ4n) is 1.83. The highest BCUT2D eigenvalue weighted by molar-refractivity contribution is 4.48. The van der Waals surface area contributed by atoms with Crippen molar-refractivity contribution >= 4 is 0 Å². The van der Waals surface area contributed by atoms with E-state index in [9.17, 15) is 0 Å². The van der Waals surface area contributed by atoms with Gasteiger partial charge in [-0.15, -0.1) is 0 Å². The lowest BCUT2D eigenvalue weighted by atomic mass is 10.1. The summed E-state index contributed by atoms with van der Waals surface area (Å²) in [6.07, 6.45) is 14.1. The zero-order valence-corrected chi connectivity index (χ0v) is 10.8. The predicted molar refractivity (Wildman–Crippen MR) is 68.9 cm³/mol. The van der Waals surface area contributed by atoms with E-state index in [1.54, 1.807) is 0 Å². The van der Waals surface area contributed by atoms with E-state index in [0.717, 1.165) is 6.54 Å². The Labute approximate surface area is 96.2 Å². The van der Waals surface area contributed by atoms with Crippen molar-refractivity contribution in [1.82, 2.24) is 10.9 Å². The van der Waals surface area contributed by atoms with E-state index in [1.807, 2.05) is 7.05 Å². The third kappa shape index (κ3) is 13.9. The van der Waals surface area contributed by atoms with Gasteiger partial charge in [0.2, 0.25) is 0 Å². The molecule has 0 aromatic heterocycles. The van der Waals surface area contributed by atoms with Gasteiger partial charge in [-0.3, -0.25) is 10.9 Å². The molecule has 2 heteroatoms. The lowest BCUT2D eigenvalue weighted by Gasteiger charge is -2.03. The van der Waals surface area contributed by atoms with Crippen LogP contribution in [-0.2, 0) is 0 Å². The van der Waals surface area contributed by atoms with Crippen molar-refractivity contribution in [3.05, 3.63) is 0 Å². The van der Waals surface area contributed by atoms with Crippen LogP contribution in [0.1, 0.15) is 71.1 Å². The molecule has 0 aliphatic rings. The summed E-state index contributed by atoms with van der Waals surface area (Å²) in [5.74, 6) is 0. The first-order valence-electron chi connectivity index (χ1n) is 6.81. The first-order chi connectivity index (χ1) is 7.41.